The van der Waals surface area contributed by atoms with Crippen LogP contribution >= 0.6 is 0 Å². The molecule has 1 rings (SSSR count). The molecule has 106 valence electrons. The summed E-state index contributed by atoms with van der Waals surface area (Å²) < 4.78 is 32.5. The Bertz CT molecular complexity index is 446. The van der Waals surface area contributed by atoms with E-state index >= 15 is 0 Å². The Morgan fingerprint density at radius 1 is 1.37 bits per heavy atom. The Labute approximate surface area is 113 Å². The van der Waals surface area contributed by atoms with Crippen molar-refractivity contribution in [3.8, 4) is 0 Å². The Balaban J connectivity index is 2.47. The van der Waals surface area contributed by atoms with Crippen LogP contribution in [0, 0.1) is 18.6 Å². The van der Waals surface area contributed by atoms with Gasteiger partial charge in [-0.3, -0.25) is 0 Å². The highest BCUT2D eigenvalue weighted by molar-refractivity contribution is 5.27. The van der Waals surface area contributed by atoms with Crippen LogP contribution in [0.4, 0.5) is 8.78 Å². The highest BCUT2D eigenvalue weighted by atomic mass is 19.1. The fourth-order valence-corrected chi connectivity index (χ4v) is 1.70. The summed E-state index contributed by atoms with van der Waals surface area (Å²) in [6, 6.07) is 2.21. The van der Waals surface area contributed by atoms with Gasteiger partial charge in [-0.15, -0.1) is 0 Å². The van der Waals surface area contributed by atoms with Crippen molar-refractivity contribution >= 4 is 0 Å². The normalized spacial score (nSPS) is 12.5. The Kier molecular flexibility index (Phi) is 6.12. The molecular weight excluding hydrogens is 248 g/mol. The molecule has 0 aliphatic heterocycles. The molecule has 0 aliphatic carbocycles. The van der Waals surface area contributed by atoms with Gasteiger partial charge in [0.2, 0.25) is 0 Å². The first kappa shape index (κ1) is 15.8. The number of rotatable bonds is 7. The van der Waals surface area contributed by atoms with E-state index in [0.29, 0.717) is 30.9 Å². The molecule has 0 fully saturated rings. The summed E-state index contributed by atoms with van der Waals surface area (Å²) in [6.45, 7) is 10.6. The van der Waals surface area contributed by atoms with Gasteiger partial charge >= 0.3 is 0 Å². The lowest BCUT2D eigenvalue weighted by atomic mass is 10.1. The van der Waals surface area contributed by atoms with E-state index in [2.05, 4.69) is 11.9 Å². The number of ether oxygens (including phenoxy) is 1. The van der Waals surface area contributed by atoms with Crippen LogP contribution in [0.15, 0.2) is 24.3 Å². The molecule has 0 heterocycles. The topological polar surface area (TPSA) is 21.3 Å². The molecule has 1 atom stereocenters. The van der Waals surface area contributed by atoms with E-state index in [-0.39, 0.29) is 17.7 Å². The van der Waals surface area contributed by atoms with E-state index in [1.807, 2.05) is 6.92 Å². The zero-order chi connectivity index (χ0) is 14.4. The van der Waals surface area contributed by atoms with Crippen LogP contribution in [-0.4, -0.2) is 19.8 Å². The third-order valence-electron chi connectivity index (χ3n) is 2.79. The van der Waals surface area contributed by atoms with E-state index in [0.717, 1.165) is 5.57 Å². The van der Waals surface area contributed by atoms with E-state index in [1.54, 1.807) is 13.8 Å². The van der Waals surface area contributed by atoms with Crippen molar-refractivity contribution in [2.75, 3.05) is 19.8 Å². The van der Waals surface area contributed by atoms with E-state index in [9.17, 15) is 8.78 Å². The van der Waals surface area contributed by atoms with Gasteiger partial charge in [0.25, 0.3) is 0 Å². The molecule has 19 heavy (non-hydrogen) atoms. The first-order valence-electron chi connectivity index (χ1n) is 6.33. The van der Waals surface area contributed by atoms with Crippen molar-refractivity contribution in [2.45, 2.75) is 26.8 Å². The van der Waals surface area contributed by atoms with Crippen molar-refractivity contribution in [3.05, 3.63) is 47.0 Å². The molecule has 1 unspecified atom stereocenters. The molecule has 0 amide bonds. The molecule has 0 saturated heterocycles. The number of hydrogen-bond donors (Lipinski definition) is 1. The fraction of sp³-hybridized carbons (Fsp3) is 0.467. The van der Waals surface area contributed by atoms with Crippen molar-refractivity contribution in [3.63, 3.8) is 0 Å². The zero-order valence-corrected chi connectivity index (χ0v) is 11.7. The average Bonchev–Trinajstić information content (AvgIpc) is 2.32. The van der Waals surface area contributed by atoms with Gasteiger partial charge in [0.05, 0.1) is 13.2 Å². The molecule has 0 aliphatic rings. The molecule has 0 bridgehead atoms. The third kappa shape index (κ3) is 5.09. The van der Waals surface area contributed by atoms with Crippen molar-refractivity contribution in [2.24, 2.45) is 0 Å². The van der Waals surface area contributed by atoms with Gasteiger partial charge in [0.15, 0.2) is 0 Å². The van der Waals surface area contributed by atoms with Gasteiger partial charge in [0, 0.05) is 18.2 Å². The smallest absolute Gasteiger partial charge is 0.128 e. The van der Waals surface area contributed by atoms with Crippen LogP contribution in [0.3, 0.4) is 0 Å². The second kappa shape index (κ2) is 7.36. The van der Waals surface area contributed by atoms with Gasteiger partial charge in [-0.1, -0.05) is 12.2 Å². The van der Waals surface area contributed by atoms with Gasteiger partial charge < -0.3 is 10.1 Å². The lowest BCUT2D eigenvalue weighted by Gasteiger charge is -2.16. The fourth-order valence-electron chi connectivity index (χ4n) is 1.70. The number of benzene rings is 1. The largest absolute Gasteiger partial charge is 0.376 e. The molecule has 0 aromatic heterocycles. The molecule has 1 aromatic rings. The van der Waals surface area contributed by atoms with Crippen LogP contribution in [0.5, 0.6) is 0 Å². The summed E-state index contributed by atoms with van der Waals surface area (Å²) in [5, 5.41) is 3.10. The predicted octanol–water partition coefficient (Wildman–Crippen LogP) is 3.52. The lowest BCUT2D eigenvalue weighted by Crippen LogP contribution is -2.24. The number of halogens is 2. The van der Waals surface area contributed by atoms with Crippen LogP contribution < -0.4 is 5.32 Å². The summed E-state index contributed by atoms with van der Waals surface area (Å²) in [7, 11) is 0. The Hall–Kier alpha value is -1.26. The number of hydrogen-bond acceptors (Lipinski definition) is 2. The summed E-state index contributed by atoms with van der Waals surface area (Å²) in [4.78, 5) is 0. The molecule has 0 saturated carbocycles. The van der Waals surface area contributed by atoms with E-state index in [1.165, 1.54) is 12.1 Å². The second-order valence-electron chi connectivity index (χ2n) is 4.81. The van der Waals surface area contributed by atoms with Crippen LogP contribution in [0.25, 0.3) is 0 Å². The molecule has 0 radical (unpaired) electrons. The van der Waals surface area contributed by atoms with Crippen molar-refractivity contribution < 1.29 is 13.5 Å². The minimum absolute atomic E-state index is 0.261. The van der Waals surface area contributed by atoms with Gasteiger partial charge in [0.1, 0.15) is 11.6 Å². The maximum absolute atomic E-state index is 13.7. The molecule has 0 spiro atoms. The van der Waals surface area contributed by atoms with Gasteiger partial charge in [-0.2, -0.15) is 0 Å². The molecule has 2 nitrogen and oxygen atoms in total. The first-order valence-corrected chi connectivity index (χ1v) is 6.33. The van der Waals surface area contributed by atoms with E-state index in [4.69, 9.17) is 4.74 Å². The zero-order valence-electron chi connectivity index (χ0n) is 11.7. The van der Waals surface area contributed by atoms with Gasteiger partial charge in [-0.05, 0) is 38.5 Å². The SMILES string of the molecule is C=C(C)COCCNC(C)c1cc(F)c(C)cc1F. The molecule has 1 aromatic carbocycles. The second-order valence-corrected chi connectivity index (χ2v) is 4.81. The molecular formula is C15H21F2NO. The first-order chi connectivity index (χ1) is 8.91. The standard InChI is InChI=1S/C15H21F2NO/c1-10(2)9-19-6-5-18-12(4)13-8-14(16)11(3)7-15(13)17/h7-8,12,18H,1,5-6,9H2,2-4H3. The number of aryl methyl sites for hydroxylation is 1. The molecule has 1 N–H and O–H groups in total. The van der Waals surface area contributed by atoms with Crippen LogP contribution in [0.2, 0.25) is 0 Å². The maximum atomic E-state index is 13.7. The Morgan fingerprint density at radius 3 is 2.68 bits per heavy atom. The van der Waals surface area contributed by atoms with E-state index < -0.39 is 0 Å². The lowest BCUT2D eigenvalue weighted by molar-refractivity contribution is 0.155. The van der Waals surface area contributed by atoms with Crippen LogP contribution in [-0.2, 0) is 4.74 Å². The summed E-state index contributed by atoms with van der Waals surface area (Å²) in [5.74, 6) is -0.773. The summed E-state index contributed by atoms with van der Waals surface area (Å²) in [5.41, 5.74) is 1.61. The number of nitrogens with one attached hydrogen (secondary N) is 1. The highest BCUT2D eigenvalue weighted by Crippen LogP contribution is 2.20. The minimum atomic E-state index is -0.387. The predicted molar refractivity (Wildman–Crippen MR) is 73.1 cm³/mol. The monoisotopic (exact) mass is 269 g/mol. The minimum Gasteiger partial charge on any atom is -0.376 e. The average molecular weight is 269 g/mol. The molecule has 4 heteroatoms. The highest BCUT2D eigenvalue weighted by Gasteiger charge is 2.13. The van der Waals surface area contributed by atoms with Crippen molar-refractivity contribution in [1.29, 1.82) is 0 Å². The summed E-state index contributed by atoms with van der Waals surface area (Å²) in [6.07, 6.45) is 0. The van der Waals surface area contributed by atoms with Crippen molar-refractivity contribution in [1.82, 2.24) is 5.32 Å². The third-order valence-corrected chi connectivity index (χ3v) is 2.79. The quantitative estimate of drug-likeness (QED) is 0.604. The summed E-state index contributed by atoms with van der Waals surface area (Å²) >= 11 is 0. The maximum Gasteiger partial charge on any atom is 0.128 e. The van der Waals surface area contributed by atoms with Gasteiger partial charge in [-0.25, -0.2) is 8.78 Å². The van der Waals surface area contributed by atoms with Crippen LogP contribution in [0.1, 0.15) is 31.0 Å². The Morgan fingerprint density at radius 2 is 2.05 bits per heavy atom.